The highest BCUT2D eigenvalue weighted by Gasteiger charge is 2.04. The second-order valence-corrected chi connectivity index (χ2v) is 5.20. The van der Waals surface area contributed by atoms with Crippen LogP contribution in [0.15, 0.2) is 46.9 Å². The summed E-state index contributed by atoms with van der Waals surface area (Å²) in [5, 5.41) is 5.67. The zero-order valence-electron chi connectivity index (χ0n) is 11.3. The number of nitrogens with one attached hydrogen (secondary N) is 2. The summed E-state index contributed by atoms with van der Waals surface area (Å²) in [6.07, 6.45) is -0.536. The van der Waals surface area contributed by atoms with Crippen molar-refractivity contribution < 1.29 is 13.9 Å². The Morgan fingerprint density at radius 2 is 2.00 bits per heavy atom. The molecule has 0 atom stereocenters. The average molecular weight is 353 g/mol. The number of hydrogen-bond donors (Lipinski definition) is 2. The standard InChI is InChI=1S/C15H14BrFN2O2/c1-21-15(20)19-13-4-2-3-12(8-13)18-9-10-5-6-11(16)7-14(10)17/h2-8,18H,9H2,1H3,(H,19,20). The van der Waals surface area contributed by atoms with Crippen molar-refractivity contribution in [1.82, 2.24) is 0 Å². The molecule has 0 saturated carbocycles. The van der Waals surface area contributed by atoms with E-state index in [1.807, 2.05) is 6.07 Å². The molecule has 2 N–H and O–H groups in total. The molecule has 0 spiro atoms. The number of halogens is 2. The van der Waals surface area contributed by atoms with Crippen LogP contribution in [0.1, 0.15) is 5.56 Å². The number of carbonyl (C=O) groups is 1. The van der Waals surface area contributed by atoms with Gasteiger partial charge in [0.2, 0.25) is 0 Å². The highest BCUT2D eigenvalue weighted by Crippen LogP contribution is 2.19. The molecule has 0 saturated heterocycles. The van der Waals surface area contributed by atoms with Crippen LogP contribution in [0, 0.1) is 5.82 Å². The molecule has 0 bridgehead atoms. The molecule has 0 aromatic heterocycles. The number of anilines is 2. The minimum Gasteiger partial charge on any atom is -0.453 e. The van der Waals surface area contributed by atoms with Crippen LogP contribution in [0.3, 0.4) is 0 Å². The van der Waals surface area contributed by atoms with Crippen molar-refractivity contribution >= 4 is 33.4 Å². The first-order chi connectivity index (χ1) is 10.1. The summed E-state index contributed by atoms with van der Waals surface area (Å²) in [6, 6.07) is 12.0. The zero-order chi connectivity index (χ0) is 15.2. The van der Waals surface area contributed by atoms with E-state index in [-0.39, 0.29) is 5.82 Å². The number of benzene rings is 2. The van der Waals surface area contributed by atoms with Crippen LogP contribution in [0.25, 0.3) is 0 Å². The summed E-state index contributed by atoms with van der Waals surface area (Å²) >= 11 is 3.22. The molecule has 2 aromatic carbocycles. The summed E-state index contributed by atoms with van der Waals surface area (Å²) in [6.45, 7) is 0.348. The molecule has 1 amide bonds. The summed E-state index contributed by atoms with van der Waals surface area (Å²) in [7, 11) is 1.30. The first-order valence-corrected chi connectivity index (χ1v) is 7.00. The van der Waals surface area contributed by atoms with Crippen molar-refractivity contribution in [3.63, 3.8) is 0 Å². The molecule has 0 radical (unpaired) electrons. The Labute approximate surface area is 130 Å². The number of rotatable bonds is 4. The molecule has 21 heavy (non-hydrogen) atoms. The predicted molar refractivity (Wildman–Crippen MR) is 83.9 cm³/mol. The molecule has 0 aliphatic carbocycles. The van der Waals surface area contributed by atoms with Gasteiger partial charge in [-0.3, -0.25) is 5.32 Å². The lowest BCUT2D eigenvalue weighted by atomic mass is 10.2. The molecular formula is C15H14BrFN2O2. The molecule has 6 heteroatoms. The van der Waals surface area contributed by atoms with Crippen LogP contribution in [0.5, 0.6) is 0 Å². The minimum absolute atomic E-state index is 0.277. The number of ether oxygens (including phenoxy) is 1. The third-order valence-corrected chi connectivity index (χ3v) is 3.29. The quantitative estimate of drug-likeness (QED) is 0.858. The fourth-order valence-corrected chi connectivity index (χ4v) is 2.07. The van der Waals surface area contributed by atoms with Gasteiger partial charge in [-0.2, -0.15) is 0 Å². The zero-order valence-corrected chi connectivity index (χ0v) is 12.9. The monoisotopic (exact) mass is 352 g/mol. The molecule has 4 nitrogen and oxygen atoms in total. The Kier molecular flexibility index (Phi) is 5.16. The number of amides is 1. The van der Waals surface area contributed by atoms with E-state index in [4.69, 9.17) is 0 Å². The number of carbonyl (C=O) groups excluding carboxylic acids is 1. The predicted octanol–water partition coefficient (Wildman–Crippen LogP) is 4.38. The van der Waals surface area contributed by atoms with Gasteiger partial charge in [-0.25, -0.2) is 9.18 Å². The van der Waals surface area contributed by atoms with Gasteiger partial charge in [-0.05, 0) is 30.3 Å². The molecule has 2 aromatic rings. The van der Waals surface area contributed by atoms with Gasteiger partial charge in [-0.15, -0.1) is 0 Å². The van der Waals surface area contributed by atoms with Crippen molar-refractivity contribution in [2.24, 2.45) is 0 Å². The van der Waals surface area contributed by atoms with Crippen molar-refractivity contribution in [3.05, 3.63) is 58.3 Å². The first-order valence-electron chi connectivity index (χ1n) is 6.21. The normalized spacial score (nSPS) is 10.0. The SMILES string of the molecule is COC(=O)Nc1cccc(NCc2ccc(Br)cc2F)c1. The van der Waals surface area contributed by atoms with Gasteiger partial charge in [0.25, 0.3) is 0 Å². The van der Waals surface area contributed by atoms with Crippen molar-refractivity contribution in [3.8, 4) is 0 Å². The van der Waals surface area contributed by atoms with E-state index in [9.17, 15) is 9.18 Å². The van der Waals surface area contributed by atoms with Crippen LogP contribution in [-0.4, -0.2) is 13.2 Å². The molecule has 0 aliphatic heterocycles. The van der Waals surface area contributed by atoms with Crippen LogP contribution in [0.4, 0.5) is 20.6 Å². The lowest BCUT2D eigenvalue weighted by Gasteiger charge is -2.10. The van der Waals surface area contributed by atoms with E-state index in [1.165, 1.54) is 13.2 Å². The van der Waals surface area contributed by atoms with Crippen LogP contribution < -0.4 is 10.6 Å². The van der Waals surface area contributed by atoms with E-state index in [1.54, 1.807) is 30.3 Å². The Bertz CT molecular complexity index is 649. The van der Waals surface area contributed by atoms with Crippen LogP contribution in [-0.2, 0) is 11.3 Å². The third kappa shape index (κ3) is 4.46. The van der Waals surface area contributed by atoms with E-state index >= 15 is 0 Å². The van der Waals surface area contributed by atoms with Crippen molar-refractivity contribution in [1.29, 1.82) is 0 Å². The second-order valence-electron chi connectivity index (χ2n) is 4.29. The van der Waals surface area contributed by atoms with Crippen LogP contribution in [0.2, 0.25) is 0 Å². The van der Waals surface area contributed by atoms with Gasteiger partial charge >= 0.3 is 6.09 Å². The van der Waals surface area contributed by atoms with Crippen molar-refractivity contribution in [2.75, 3.05) is 17.7 Å². The molecule has 0 fully saturated rings. The topological polar surface area (TPSA) is 50.4 Å². The van der Waals surface area contributed by atoms with Gasteiger partial charge in [-0.1, -0.05) is 28.1 Å². The first kappa shape index (κ1) is 15.3. The Morgan fingerprint density at radius 1 is 1.24 bits per heavy atom. The maximum Gasteiger partial charge on any atom is 0.411 e. The molecular weight excluding hydrogens is 339 g/mol. The second kappa shape index (κ2) is 7.08. The molecule has 0 heterocycles. The largest absolute Gasteiger partial charge is 0.453 e. The lowest BCUT2D eigenvalue weighted by molar-refractivity contribution is 0.187. The summed E-state index contributed by atoms with van der Waals surface area (Å²) in [5.41, 5.74) is 1.93. The van der Waals surface area contributed by atoms with Gasteiger partial charge in [0, 0.05) is 28.0 Å². The van der Waals surface area contributed by atoms with E-state index in [0.29, 0.717) is 22.3 Å². The summed E-state index contributed by atoms with van der Waals surface area (Å²) in [4.78, 5) is 11.1. The highest BCUT2D eigenvalue weighted by atomic mass is 79.9. The highest BCUT2D eigenvalue weighted by molar-refractivity contribution is 9.10. The molecule has 110 valence electrons. The Balaban J connectivity index is 2.03. The van der Waals surface area contributed by atoms with Gasteiger partial charge in [0.05, 0.1) is 7.11 Å². The number of methoxy groups -OCH3 is 1. The van der Waals surface area contributed by atoms with Gasteiger partial charge < -0.3 is 10.1 Å². The number of hydrogen-bond acceptors (Lipinski definition) is 3. The molecule has 2 rings (SSSR count). The fourth-order valence-electron chi connectivity index (χ4n) is 1.74. The average Bonchev–Trinajstić information content (AvgIpc) is 2.46. The summed E-state index contributed by atoms with van der Waals surface area (Å²) in [5.74, 6) is -0.277. The molecule has 0 unspecified atom stereocenters. The maximum absolute atomic E-state index is 13.7. The van der Waals surface area contributed by atoms with E-state index in [0.717, 1.165) is 5.69 Å². The Hall–Kier alpha value is -2.08. The van der Waals surface area contributed by atoms with Crippen LogP contribution >= 0.6 is 15.9 Å². The maximum atomic E-state index is 13.7. The minimum atomic E-state index is -0.536. The van der Waals surface area contributed by atoms with E-state index in [2.05, 4.69) is 31.3 Å². The smallest absolute Gasteiger partial charge is 0.411 e. The van der Waals surface area contributed by atoms with Gasteiger partial charge in [0.1, 0.15) is 5.82 Å². The third-order valence-electron chi connectivity index (χ3n) is 2.79. The Morgan fingerprint density at radius 3 is 2.71 bits per heavy atom. The lowest BCUT2D eigenvalue weighted by Crippen LogP contribution is -2.11. The van der Waals surface area contributed by atoms with Gasteiger partial charge in [0.15, 0.2) is 0 Å². The summed E-state index contributed by atoms with van der Waals surface area (Å²) < 4.78 is 18.9. The van der Waals surface area contributed by atoms with Crippen molar-refractivity contribution in [2.45, 2.75) is 6.54 Å². The molecule has 0 aliphatic rings. The van der Waals surface area contributed by atoms with E-state index < -0.39 is 6.09 Å². The fraction of sp³-hybridized carbons (Fsp3) is 0.133.